The second-order valence-corrected chi connectivity index (χ2v) is 7.27. The molecule has 0 radical (unpaired) electrons. The molecule has 0 amide bonds. The number of benzene rings is 1. The molecule has 24 heavy (non-hydrogen) atoms. The number of nitrogens with zero attached hydrogens (tertiary/aromatic N) is 3. The van der Waals surface area contributed by atoms with Crippen molar-refractivity contribution < 1.29 is 8.78 Å². The summed E-state index contributed by atoms with van der Waals surface area (Å²) in [6.45, 7) is 6.34. The summed E-state index contributed by atoms with van der Waals surface area (Å²) < 4.78 is 27.8. The zero-order valence-electron chi connectivity index (χ0n) is 14.2. The highest BCUT2D eigenvalue weighted by molar-refractivity contribution is 5.92. The van der Waals surface area contributed by atoms with E-state index in [4.69, 9.17) is 0 Å². The monoisotopic (exact) mass is 331 g/mol. The van der Waals surface area contributed by atoms with Gasteiger partial charge in [-0.05, 0) is 45.2 Å². The summed E-state index contributed by atoms with van der Waals surface area (Å²) in [6.07, 6.45) is 5.18. The molecule has 0 N–H and O–H groups in total. The fourth-order valence-electron chi connectivity index (χ4n) is 4.61. The second-order valence-electron chi connectivity index (χ2n) is 7.27. The van der Waals surface area contributed by atoms with Gasteiger partial charge in [-0.3, -0.25) is 9.88 Å². The summed E-state index contributed by atoms with van der Waals surface area (Å²) in [6, 6.07) is 5.88. The smallest absolute Gasteiger partial charge is 0.152 e. The number of aromatic nitrogens is 1. The normalized spacial score (nSPS) is 24.8. The van der Waals surface area contributed by atoms with Crippen molar-refractivity contribution in [3.05, 3.63) is 36.0 Å². The van der Waals surface area contributed by atoms with Crippen molar-refractivity contribution >= 4 is 16.6 Å². The molecule has 4 rings (SSSR count). The maximum absolute atomic E-state index is 14.1. The van der Waals surface area contributed by atoms with Crippen molar-refractivity contribution in [2.45, 2.75) is 51.2 Å². The van der Waals surface area contributed by atoms with E-state index >= 15 is 0 Å². The van der Waals surface area contributed by atoms with E-state index in [-0.39, 0.29) is 5.52 Å². The first-order valence-electron chi connectivity index (χ1n) is 8.80. The van der Waals surface area contributed by atoms with Gasteiger partial charge in [0.25, 0.3) is 0 Å². The summed E-state index contributed by atoms with van der Waals surface area (Å²) in [5, 5.41) is 0.573. The second kappa shape index (κ2) is 5.96. The van der Waals surface area contributed by atoms with E-state index in [0.717, 1.165) is 31.3 Å². The van der Waals surface area contributed by atoms with Crippen LogP contribution in [0.15, 0.2) is 24.4 Å². The predicted octanol–water partition coefficient (Wildman–Crippen LogP) is 3.96. The van der Waals surface area contributed by atoms with Crippen LogP contribution in [-0.2, 0) is 0 Å². The quantitative estimate of drug-likeness (QED) is 0.830. The van der Waals surface area contributed by atoms with Gasteiger partial charge in [0, 0.05) is 54.6 Å². The number of fused-ring (bicyclic) bond motifs is 3. The van der Waals surface area contributed by atoms with Crippen molar-refractivity contribution in [2.24, 2.45) is 0 Å². The van der Waals surface area contributed by atoms with Gasteiger partial charge in [0.15, 0.2) is 5.82 Å². The molecule has 0 aliphatic carbocycles. The summed E-state index contributed by atoms with van der Waals surface area (Å²) in [5.41, 5.74) is 1.15. The minimum atomic E-state index is -0.591. The third kappa shape index (κ3) is 2.55. The average molecular weight is 331 g/mol. The van der Waals surface area contributed by atoms with Gasteiger partial charge in [0.2, 0.25) is 0 Å². The lowest BCUT2D eigenvalue weighted by atomic mass is 10.1. The Balaban J connectivity index is 1.73. The Labute approximate surface area is 141 Å². The molecule has 0 saturated carbocycles. The van der Waals surface area contributed by atoms with Crippen LogP contribution in [0.1, 0.15) is 33.1 Å². The molecule has 128 valence electrons. The van der Waals surface area contributed by atoms with E-state index in [9.17, 15) is 8.78 Å². The topological polar surface area (TPSA) is 19.4 Å². The molecule has 1 aromatic heterocycles. The largest absolute Gasteiger partial charge is 0.369 e. The van der Waals surface area contributed by atoms with Crippen LogP contribution in [0.4, 0.5) is 14.5 Å². The standard InChI is InChI=1S/C19H23F2N3/c1-12(2)24-14-3-4-15(24)11-23(8-6-14)18-5-7-22-19-16(18)9-13(20)10-17(19)21/h5,7,9-10,12,14-15H,3-4,6,8,11H2,1-2H3. The van der Waals surface area contributed by atoms with Crippen LogP contribution >= 0.6 is 0 Å². The van der Waals surface area contributed by atoms with Gasteiger partial charge in [-0.2, -0.15) is 0 Å². The lowest BCUT2D eigenvalue weighted by molar-refractivity contribution is 0.158. The molecule has 3 heterocycles. The van der Waals surface area contributed by atoms with Crippen LogP contribution in [0.25, 0.3) is 10.9 Å². The Hall–Kier alpha value is -1.75. The number of rotatable bonds is 2. The Morgan fingerprint density at radius 1 is 1.12 bits per heavy atom. The molecule has 5 heteroatoms. The predicted molar refractivity (Wildman–Crippen MR) is 92.3 cm³/mol. The number of halogens is 2. The Morgan fingerprint density at radius 3 is 2.71 bits per heavy atom. The van der Waals surface area contributed by atoms with Gasteiger partial charge in [0.1, 0.15) is 11.3 Å². The fourth-order valence-corrected chi connectivity index (χ4v) is 4.61. The molecule has 2 aliphatic rings. The first-order chi connectivity index (χ1) is 11.5. The molecule has 2 unspecified atom stereocenters. The minimum Gasteiger partial charge on any atom is -0.369 e. The molecule has 2 aliphatic heterocycles. The van der Waals surface area contributed by atoms with Crippen LogP contribution in [0.3, 0.4) is 0 Å². The van der Waals surface area contributed by atoms with Gasteiger partial charge in [-0.15, -0.1) is 0 Å². The molecular formula is C19H23F2N3. The van der Waals surface area contributed by atoms with Crippen LogP contribution in [0.5, 0.6) is 0 Å². The SMILES string of the molecule is CC(C)N1C2CCC1CN(c1ccnc3c(F)cc(F)cc13)CC2. The Bertz CT molecular complexity index is 762. The van der Waals surface area contributed by atoms with Crippen molar-refractivity contribution in [3.8, 4) is 0 Å². The summed E-state index contributed by atoms with van der Waals surface area (Å²) >= 11 is 0. The Morgan fingerprint density at radius 2 is 1.92 bits per heavy atom. The first kappa shape index (κ1) is 15.8. The van der Waals surface area contributed by atoms with Crippen molar-refractivity contribution in [2.75, 3.05) is 18.0 Å². The molecular weight excluding hydrogens is 308 g/mol. The van der Waals surface area contributed by atoms with Crippen molar-refractivity contribution in [3.63, 3.8) is 0 Å². The lowest BCUT2D eigenvalue weighted by Gasteiger charge is -2.32. The van der Waals surface area contributed by atoms with E-state index in [1.54, 1.807) is 6.20 Å². The highest BCUT2D eigenvalue weighted by Crippen LogP contribution is 2.35. The lowest BCUT2D eigenvalue weighted by Crippen LogP contribution is -2.43. The molecule has 2 fully saturated rings. The third-order valence-electron chi connectivity index (χ3n) is 5.52. The average Bonchev–Trinajstić information content (AvgIpc) is 2.82. The van der Waals surface area contributed by atoms with Crippen molar-refractivity contribution in [1.82, 2.24) is 9.88 Å². The summed E-state index contributed by atoms with van der Waals surface area (Å²) in [5.74, 6) is -1.14. The van der Waals surface area contributed by atoms with Gasteiger partial charge < -0.3 is 4.90 Å². The summed E-state index contributed by atoms with van der Waals surface area (Å²) in [7, 11) is 0. The van der Waals surface area contributed by atoms with Crippen molar-refractivity contribution in [1.29, 1.82) is 0 Å². The van der Waals surface area contributed by atoms with Crippen LogP contribution < -0.4 is 4.90 Å². The van der Waals surface area contributed by atoms with E-state index in [1.165, 1.54) is 18.9 Å². The first-order valence-corrected chi connectivity index (χ1v) is 8.80. The maximum Gasteiger partial charge on any atom is 0.152 e. The summed E-state index contributed by atoms with van der Waals surface area (Å²) in [4.78, 5) is 9.04. The molecule has 2 bridgehead atoms. The van der Waals surface area contributed by atoms with Crippen LogP contribution in [-0.4, -0.2) is 41.1 Å². The molecule has 1 aromatic carbocycles. The molecule has 2 saturated heterocycles. The van der Waals surface area contributed by atoms with E-state index in [1.807, 2.05) is 6.07 Å². The number of anilines is 1. The van der Waals surface area contributed by atoms with Gasteiger partial charge >= 0.3 is 0 Å². The Kier molecular flexibility index (Phi) is 3.91. The third-order valence-corrected chi connectivity index (χ3v) is 5.52. The number of pyridine rings is 1. The van der Waals surface area contributed by atoms with E-state index in [2.05, 4.69) is 28.6 Å². The van der Waals surface area contributed by atoms with Gasteiger partial charge in [-0.1, -0.05) is 0 Å². The number of hydrogen-bond donors (Lipinski definition) is 0. The zero-order chi connectivity index (χ0) is 16.8. The van der Waals surface area contributed by atoms with Crippen LogP contribution in [0, 0.1) is 11.6 Å². The molecule has 2 aromatic rings. The fraction of sp³-hybridized carbons (Fsp3) is 0.526. The van der Waals surface area contributed by atoms with E-state index < -0.39 is 11.6 Å². The number of hydrogen-bond acceptors (Lipinski definition) is 3. The van der Waals surface area contributed by atoms with E-state index in [0.29, 0.717) is 23.5 Å². The zero-order valence-corrected chi connectivity index (χ0v) is 14.2. The minimum absolute atomic E-state index is 0.254. The maximum atomic E-state index is 14.1. The molecule has 0 spiro atoms. The highest BCUT2D eigenvalue weighted by Gasteiger charge is 2.38. The molecule has 2 atom stereocenters. The van der Waals surface area contributed by atoms with Gasteiger partial charge in [-0.25, -0.2) is 8.78 Å². The molecule has 3 nitrogen and oxygen atoms in total. The van der Waals surface area contributed by atoms with Crippen LogP contribution in [0.2, 0.25) is 0 Å². The highest BCUT2D eigenvalue weighted by atomic mass is 19.1. The van der Waals surface area contributed by atoms with Gasteiger partial charge in [0.05, 0.1) is 0 Å².